The van der Waals surface area contributed by atoms with Crippen molar-refractivity contribution in [2.45, 2.75) is 58.7 Å². The summed E-state index contributed by atoms with van der Waals surface area (Å²) in [4.78, 5) is 14.2. The van der Waals surface area contributed by atoms with E-state index in [1.165, 1.54) is 31.5 Å². The van der Waals surface area contributed by atoms with Crippen LogP contribution in [0.2, 0.25) is 0 Å². The van der Waals surface area contributed by atoms with Crippen LogP contribution in [0.15, 0.2) is 24.3 Å². The number of benzene rings is 1. The number of carbonyl (C=O) groups is 1. The van der Waals surface area contributed by atoms with Crippen LogP contribution in [0.4, 0.5) is 10.5 Å². The highest BCUT2D eigenvalue weighted by Crippen LogP contribution is 2.19. The molecule has 1 amide bonds. The number of piperidine rings is 1. The molecule has 0 bridgehead atoms. The van der Waals surface area contributed by atoms with Crippen LogP contribution in [-0.4, -0.2) is 42.8 Å². The van der Waals surface area contributed by atoms with E-state index >= 15 is 0 Å². The van der Waals surface area contributed by atoms with Gasteiger partial charge in [-0.2, -0.15) is 0 Å². The van der Waals surface area contributed by atoms with Crippen LogP contribution in [0.3, 0.4) is 0 Å². The zero-order chi connectivity index (χ0) is 18.4. The van der Waals surface area contributed by atoms with Crippen LogP contribution >= 0.6 is 0 Å². The van der Waals surface area contributed by atoms with E-state index in [0.29, 0.717) is 12.0 Å². The quantitative estimate of drug-likeness (QED) is 0.849. The van der Waals surface area contributed by atoms with E-state index in [1.807, 2.05) is 45.0 Å². The van der Waals surface area contributed by atoms with Gasteiger partial charge in [-0.1, -0.05) is 12.1 Å². The van der Waals surface area contributed by atoms with Gasteiger partial charge in [-0.15, -0.1) is 0 Å². The lowest BCUT2D eigenvalue weighted by Crippen LogP contribution is -2.42. The molecule has 2 N–H and O–H groups in total. The fraction of sp³-hybridized carbons (Fsp3) is 0.650. The van der Waals surface area contributed by atoms with Gasteiger partial charge in [0, 0.05) is 24.8 Å². The third kappa shape index (κ3) is 7.04. The minimum Gasteiger partial charge on any atom is -0.444 e. The molecule has 140 valence electrons. The predicted molar refractivity (Wildman–Crippen MR) is 103 cm³/mol. The molecule has 0 aliphatic carbocycles. The first-order chi connectivity index (χ1) is 11.7. The Labute approximate surface area is 152 Å². The number of amides is 1. The second-order valence-corrected chi connectivity index (χ2v) is 8.16. The lowest BCUT2D eigenvalue weighted by atomic mass is 9.92. The maximum Gasteiger partial charge on any atom is 0.412 e. The van der Waals surface area contributed by atoms with Crippen molar-refractivity contribution >= 4 is 11.8 Å². The molecule has 5 heteroatoms. The third-order valence-corrected chi connectivity index (χ3v) is 4.60. The molecule has 5 nitrogen and oxygen atoms in total. The molecule has 1 aromatic rings. The van der Waals surface area contributed by atoms with E-state index < -0.39 is 11.7 Å². The summed E-state index contributed by atoms with van der Waals surface area (Å²) in [6, 6.07) is 8.42. The second kappa shape index (κ2) is 8.68. The average molecular weight is 348 g/mol. The van der Waals surface area contributed by atoms with Gasteiger partial charge < -0.3 is 15.0 Å². The highest BCUT2D eigenvalue weighted by molar-refractivity contribution is 5.84. The molecule has 1 heterocycles. The van der Waals surface area contributed by atoms with Crippen LogP contribution < -0.4 is 10.6 Å². The summed E-state index contributed by atoms with van der Waals surface area (Å²) in [5.74, 6) is 0.715. The van der Waals surface area contributed by atoms with Gasteiger partial charge in [-0.25, -0.2) is 4.79 Å². The van der Waals surface area contributed by atoms with Gasteiger partial charge in [0.1, 0.15) is 5.60 Å². The third-order valence-electron chi connectivity index (χ3n) is 4.60. The van der Waals surface area contributed by atoms with Crippen molar-refractivity contribution in [2.75, 3.05) is 25.5 Å². The number of likely N-dealkylation sites (tertiary alicyclic amines) is 1. The molecule has 0 aromatic heterocycles. The topological polar surface area (TPSA) is 53.6 Å². The van der Waals surface area contributed by atoms with E-state index in [2.05, 4.69) is 29.5 Å². The molecule has 1 fully saturated rings. The van der Waals surface area contributed by atoms with E-state index in [1.54, 1.807) is 0 Å². The van der Waals surface area contributed by atoms with Gasteiger partial charge in [-0.3, -0.25) is 5.32 Å². The van der Waals surface area contributed by atoms with E-state index in [0.717, 1.165) is 12.2 Å². The highest BCUT2D eigenvalue weighted by atomic mass is 16.6. The lowest BCUT2D eigenvalue weighted by molar-refractivity contribution is 0.0636. The van der Waals surface area contributed by atoms with Crippen molar-refractivity contribution in [3.8, 4) is 0 Å². The first-order valence-electron chi connectivity index (χ1n) is 9.24. The number of carbonyl (C=O) groups excluding carboxylic acids is 1. The Kier molecular flexibility index (Phi) is 6.85. The summed E-state index contributed by atoms with van der Waals surface area (Å²) in [6.07, 6.45) is 2.17. The van der Waals surface area contributed by atoms with Crippen LogP contribution in [-0.2, 0) is 11.3 Å². The van der Waals surface area contributed by atoms with Crippen molar-refractivity contribution in [1.29, 1.82) is 0 Å². The summed E-state index contributed by atoms with van der Waals surface area (Å²) in [6.45, 7) is 11.1. The smallest absolute Gasteiger partial charge is 0.412 e. The summed E-state index contributed by atoms with van der Waals surface area (Å²) in [5.41, 5.74) is 1.47. The number of hydrogen-bond donors (Lipinski definition) is 2. The van der Waals surface area contributed by atoms with Crippen LogP contribution in [0.5, 0.6) is 0 Å². The molecule has 2 unspecified atom stereocenters. The predicted octanol–water partition coefficient (Wildman–Crippen LogP) is 3.85. The van der Waals surface area contributed by atoms with Crippen molar-refractivity contribution in [1.82, 2.24) is 10.2 Å². The molecular formula is C20H33N3O2. The molecule has 1 aromatic carbocycles. The molecule has 0 saturated carbocycles. The molecule has 1 aliphatic heterocycles. The van der Waals surface area contributed by atoms with Gasteiger partial charge in [0.25, 0.3) is 0 Å². The molecule has 0 spiro atoms. The Bertz CT molecular complexity index is 551. The van der Waals surface area contributed by atoms with Gasteiger partial charge in [-0.05, 0) is 77.7 Å². The second-order valence-electron chi connectivity index (χ2n) is 8.16. The van der Waals surface area contributed by atoms with E-state index in [4.69, 9.17) is 4.74 Å². The van der Waals surface area contributed by atoms with Crippen molar-refractivity contribution in [2.24, 2.45) is 5.92 Å². The Morgan fingerprint density at radius 1 is 1.32 bits per heavy atom. The maximum atomic E-state index is 11.8. The molecular weight excluding hydrogens is 314 g/mol. The number of anilines is 1. The normalized spacial score (nSPS) is 20.1. The standard InChI is InChI=1S/C20H33N3O2/c1-15(17-7-6-12-23(5)14-17)21-13-16-8-10-18(11-9-16)22-19(24)25-20(2,3)4/h8-11,15,17,21H,6-7,12-14H2,1-5H3,(H,22,24). The lowest BCUT2D eigenvalue weighted by Gasteiger charge is -2.34. The minimum atomic E-state index is -0.489. The molecule has 0 radical (unpaired) electrons. The Hall–Kier alpha value is -1.59. The summed E-state index contributed by atoms with van der Waals surface area (Å²) in [7, 11) is 2.20. The van der Waals surface area contributed by atoms with Crippen LogP contribution in [0.1, 0.15) is 46.1 Å². The highest BCUT2D eigenvalue weighted by Gasteiger charge is 2.22. The van der Waals surface area contributed by atoms with Gasteiger partial charge in [0.2, 0.25) is 0 Å². The monoisotopic (exact) mass is 347 g/mol. The SMILES string of the molecule is CC(NCc1ccc(NC(=O)OC(C)(C)C)cc1)C1CCCN(C)C1. The number of nitrogens with zero attached hydrogens (tertiary/aromatic N) is 1. The van der Waals surface area contributed by atoms with Crippen LogP contribution in [0.25, 0.3) is 0 Å². The van der Waals surface area contributed by atoms with E-state index in [-0.39, 0.29) is 0 Å². The summed E-state index contributed by atoms with van der Waals surface area (Å²) in [5, 5.41) is 6.40. The Morgan fingerprint density at radius 3 is 2.60 bits per heavy atom. The van der Waals surface area contributed by atoms with Crippen LogP contribution in [0, 0.1) is 5.92 Å². The first-order valence-corrected chi connectivity index (χ1v) is 9.24. The molecule has 2 atom stereocenters. The largest absolute Gasteiger partial charge is 0.444 e. The Balaban J connectivity index is 1.79. The average Bonchev–Trinajstić information content (AvgIpc) is 2.52. The molecule has 2 rings (SSSR count). The fourth-order valence-electron chi connectivity index (χ4n) is 3.19. The molecule has 1 saturated heterocycles. The number of ether oxygens (including phenoxy) is 1. The molecule has 1 aliphatic rings. The summed E-state index contributed by atoms with van der Waals surface area (Å²) < 4.78 is 5.26. The Morgan fingerprint density at radius 2 is 2.00 bits per heavy atom. The van der Waals surface area contributed by atoms with Crippen molar-refractivity contribution in [3.63, 3.8) is 0 Å². The van der Waals surface area contributed by atoms with Crippen molar-refractivity contribution in [3.05, 3.63) is 29.8 Å². The number of nitrogens with one attached hydrogen (secondary N) is 2. The van der Waals surface area contributed by atoms with Gasteiger partial charge >= 0.3 is 6.09 Å². The van der Waals surface area contributed by atoms with Gasteiger partial charge in [0.15, 0.2) is 0 Å². The number of hydrogen-bond acceptors (Lipinski definition) is 4. The van der Waals surface area contributed by atoms with E-state index in [9.17, 15) is 4.79 Å². The van der Waals surface area contributed by atoms with Gasteiger partial charge in [0.05, 0.1) is 0 Å². The maximum absolute atomic E-state index is 11.8. The fourth-order valence-corrected chi connectivity index (χ4v) is 3.19. The zero-order valence-corrected chi connectivity index (χ0v) is 16.3. The minimum absolute atomic E-state index is 0.423. The zero-order valence-electron chi connectivity index (χ0n) is 16.3. The van der Waals surface area contributed by atoms with Crippen molar-refractivity contribution < 1.29 is 9.53 Å². The number of rotatable bonds is 5. The molecule has 25 heavy (non-hydrogen) atoms. The summed E-state index contributed by atoms with van der Waals surface area (Å²) >= 11 is 0. The first kappa shape index (κ1) is 19.7.